The Labute approximate surface area is 93.8 Å². The Bertz CT molecular complexity index is 532. The van der Waals surface area contributed by atoms with Crippen LogP contribution < -0.4 is 10.9 Å². The number of primary sulfonamides is 1. The molecule has 0 saturated carbocycles. The van der Waals surface area contributed by atoms with Crippen LogP contribution in [-0.4, -0.2) is 14.3 Å². The lowest BCUT2D eigenvalue weighted by atomic mass is 10.1. The van der Waals surface area contributed by atoms with Crippen LogP contribution in [0.2, 0.25) is 0 Å². The molecular weight excluding hydrogens is 228 g/mol. The number of amides is 1. The lowest BCUT2D eigenvalue weighted by molar-refractivity contribution is -0.114. The lowest BCUT2D eigenvalue weighted by Gasteiger charge is -2.07. The molecule has 86 valence electrons. The maximum Gasteiger partial charge on any atom is 0.245 e. The molecule has 4 N–H and O–H groups in total. The van der Waals surface area contributed by atoms with Crippen molar-refractivity contribution in [3.05, 3.63) is 41.5 Å². The first-order valence-electron chi connectivity index (χ1n) is 4.43. The number of carbonyl (C=O) groups excluding carboxylic acids is 1. The number of hydrogen-bond acceptors (Lipinski definition) is 3. The largest absolute Gasteiger partial charge is 0.366 e. The molecule has 0 aromatic heterocycles. The van der Waals surface area contributed by atoms with Gasteiger partial charge in [-0.2, -0.15) is 0 Å². The summed E-state index contributed by atoms with van der Waals surface area (Å²) in [5.41, 5.74) is 5.33. The summed E-state index contributed by atoms with van der Waals surface area (Å²) in [4.78, 5) is 10.8. The maximum absolute atomic E-state index is 11.4. The first-order valence-corrected chi connectivity index (χ1v) is 5.97. The molecule has 0 radical (unpaired) electrons. The van der Waals surface area contributed by atoms with E-state index in [0.717, 1.165) is 0 Å². The number of sulfonamides is 1. The minimum Gasteiger partial charge on any atom is -0.366 e. The van der Waals surface area contributed by atoms with Crippen LogP contribution in [0.1, 0.15) is 12.5 Å². The van der Waals surface area contributed by atoms with Crippen molar-refractivity contribution >= 4 is 20.8 Å². The first-order chi connectivity index (χ1) is 7.34. The molecule has 0 unspecified atom stereocenters. The topological polar surface area (TPSA) is 103 Å². The number of carbonyl (C=O) groups is 1. The molecule has 0 bridgehead atoms. The summed E-state index contributed by atoms with van der Waals surface area (Å²) in [6, 6.07) is 8.12. The number of primary amides is 1. The molecular formula is C10H12N2O3S. The fourth-order valence-electron chi connectivity index (χ4n) is 1.30. The van der Waals surface area contributed by atoms with Gasteiger partial charge in [0.25, 0.3) is 0 Å². The van der Waals surface area contributed by atoms with Crippen LogP contribution in [0.25, 0.3) is 4.91 Å². The van der Waals surface area contributed by atoms with E-state index in [-0.39, 0.29) is 10.5 Å². The highest BCUT2D eigenvalue weighted by Crippen LogP contribution is 2.22. The van der Waals surface area contributed by atoms with Crippen molar-refractivity contribution in [3.8, 4) is 0 Å². The highest BCUT2D eigenvalue weighted by Gasteiger charge is 2.20. The van der Waals surface area contributed by atoms with Gasteiger partial charge < -0.3 is 5.73 Å². The van der Waals surface area contributed by atoms with Gasteiger partial charge in [0.1, 0.15) is 0 Å². The Morgan fingerprint density at radius 2 is 1.69 bits per heavy atom. The van der Waals surface area contributed by atoms with Crippen LogP contribution in [0, 0.1) is 0 Å². The van der Waals surface area contributed by atoms with Crippen LogP contribution in [0.4, 0.5) is 0 Å². The van der Waals surface area contributed by atoms with Crippen LogP contribution in [0.5, 0.6) is 0 Å². The molecule has 5 nitrogen and oxygen atoms in total. The number of nitrogens with two attached hydrogens (primary N) is 2. The molecule has 6 heteroatoms. The highest BCUT2D eigenvalue weighted by molar-refractivity contribution is 7.98. The minimum atomic E-state index is -3.98. The molecule has 0 atom stereocenters. The van der Waals surface area contributed by atoms with Crippen LogP contribution >= 0.6 is 0 Å². The second-order valence-corrected chi connectivity index (χ2v) is 4.73. The fraction of sp³-hybridized carbons (Fsp3) is 0.100. The Morgan fingerprint density at radius 1 is 1.19 bits per heavy atom. The van der Waals surface area contributed by atoms with Gasteiger partial charge in [0, 0.05) is 5.57 Å². The zero-order valence-electron chi connectivity index (χ0n) is 8.67. The summed E-state index contributed by atoms with van der Waals surface area (Å²) in [6.45, 7) is 1.33. The summed E-state index contributed by atoms with van der Waals surface area (Å²) in [6.07, 6.45) is 0. The number of benzene rings is 1. The standard InChI is InChI=1S/C10H12N2O3S/c1-7(10(11)13)9(16(12,14)15)8-5-3-2-4-6-8/h2-6H,1H3,(H2,11,13)(H2,12,14,15). The Morgan fingerprint density at radius 3 is 2.06 bits per heavy atom. The van der Waals surface area contributed by atoms with E-state index < -0.39 is 15.9 Å². The molecule has 0 aliphatic rings. The molecule has 1 amide bonds. The average Bonchev–Trinajstić information content (AvgIpc) is 2.17. The summed E-state index contributed by atoms with van der Waals surface area (Å²) in [5, 5.41) is 5.06. The quantitative estimate of drug-likeness (QED) is 0.737. The molecule has 16 heavy (non-hydrogen) atoms. The summed E-state index contributed by atoms with van der Waals surface area (Å²) >= 11 is 0. The van der Waals surface area contributed by atoms with Crippen LogP contribution in [0.3, 0.4) is 0 Å². The van der Waals surface area contributed by atoms with Gasteiger partial charge in [-0.25, -0.2) is 13.6 Å². The van der Waals surface area contributed by atoms with Crippen molar-refractivity contribution in [1.82, 2.24) is 0 Å². The Kier molecular flexibility index (Phi) is 3.46. The van der Waals surface area contributed by atoms with Crippen molar-refractivity contribution < 1.29 is 13.2 Å². The van der Waals surface area contributed by atoms with Gasteiger partial charge in [0.15, 0.2) is 0 Å². The second-order valence-electron chi connectivity index (χ2n) is 3.23. The van der Waals surface area contributed by atoms with E-state index >= 15 is 0 Å². The predicted octanol–water partition coefficient (Wildman–Crippen LogP) is 0.191. The zero-order chi connectivity index (χ0) is 12.3. The fourth-order valence-corrected chi connectivity index (χ4v) is 2.29. The summed E-state index contributed by atoms with van der Waals surface area (Å²) in [5.74, 6) is -0.812. The van der Waals surface area contributed by atoms with E-state index in [1.807, 2.05) is 0 Å². The van der Waals surface area contributed by atoms with Gasteiger partial charge >= 0.3 is 0 Å². The molecule has 1 rings (SSSR count). The monoisotopic (exact) mass is 240 g/mol. The van der Waals surface area contributed by atoms with Crippen molar-refractivity contribution in [3.63, 3.8) is 0 Å². The third kappa shape index (κ3) is 2.68. The molecule has 1 aromatic carbocycles. The van der Waals surface area contributed by atoms with Crippen LogP contribution in [0.15, 0.2) is 35.9 Å². The smallest absolute Gasteiger partial charge is 0.245 e. The van der Waals surface area contributed by atoms with E-state index in [1.165, 1.54) is 6.92 Å². The Balaban J connectivity index is 3.53. The Hall–Kier alpha value is -1.66. The molecule has 0 spiro atoms. The van der Waals surface area contributed by atoms with Gasteiger partial charge in [0.2, 0.25) is 15.9 Å². The molecule has 0 fully saturated rings. The van der Waals surface area contributed by atoms with Crippen LogP contribution in [-0.2, 0) is 14.8 Å². The molecule has 0 saturated heterocycles. The zero-order valence-corrected chi connectivity index (χ0v) is 9.49. The van der Waals surface area contributed by atoms with E-state index in [9.17, 15) is 13.2 Å². The third-order valence-electron chi connectivity index (χ3n) is 2.03. The lowest BCUT2D eigenvalue weighted by Crippen LogP contribution is -2.21. The van der Waals surface area contributed by atoms with Gasteiger partial charge in [-0.3, -0.25) is 4.79 Å². The van der Waals surface area contributed by atoms with Crippen molar-refractivity contribution in [2.45, 2.75) is 6.92 Å². The minimum absolute atomic E-state index is 0.0753. The first kappa shape index (κ1) is 12.4. The predicted molar refractivity (Wildman–Crippen MR) is 61.3 cm³/mol. The van der Waals surface area contributed by atoms with E-state index in [1.54, 1.807) is 30.3 Å². The van der Waals surface area contributed by atoms with Gasteiger partial charge in [0.05, 0.1) is 4.91 Å². The number of hydrogen-bond donors (Lipinski definition) is 2. The van der Waals surface area contributed by atoms with E-state index in [4.69, 9.17) is 10.9 Å². The normalized spacial score (nSPS) is 13.1. The molecule has 0 aliphatic carbocycles. The highest BCUT2D eigenvalue weighted by atomic mass is 32.2. The van der Waals surface area contributed by atoms with Gasteiger partial charge in [-0.05, 0) is 12.5 Å². The van der Waals surface area contributed by atoms with E-state index in [2.05, 4.69) is 0 Å². The maximum atomic E-state index is 11.4. The second kappa shape index (κ2) is 4.46. The molecule has 0 heterocycles. The van der Waals surface area contributed by atoms with Gasteiger partial charge in [-0.15, -0.1) is 0 Å². The van der Waals surface area contributed by atoms with E-state index in [0.29, 0.717) is 5.56 Å². The van der Waals surface area contributed by atoms with Gasteiger partial charge in [-0.1, -0.05) is 30.3 Å². The van der Waals surface area contributed by atoms with Crippen molar-refractivity contribution in [2.24, 2.45) is 10.9 Å². The third-order valence-corrected chi connectivity index (χ3v) is 3.14. The average molecular weight is 240 g/mol. The summed E-state index contributed by atoms with van der Waals surface area (Å²) < 4.78 is 22.8. The summed E-state index contributed by atoms with van der Waals surface area (Å²) in [7, 11) is -3.98. The van der Waals surface area contributed by atoms with Crippen molar-refractivity contribution in [1.29, 1.82) is 0 Å². The van der Waals surface area contributed by atoms with Crippen molar-refractivity contribution in [2.75, 3.05) is 0 Å². The molecule has 0 aliphatic heterocycles. The molecule has 1 aromatic rings. The SMILES string of the molecule is CC(C(N)=O)=C(c1ccccc1)S(N)(=O)=O. The number of rotatable bonds is 3.